The minimum absolute atomic E-state index is 0.211. The molecule has 0 unspecified atom stereocenters. The molecule has 0 aromatic heterocycles. The predicted octanol–water partition coefficient (Wildman–Crippen LogP) is 2.79. The number of carboxylic acid groups (broad SMARTS) is 1. The molecule has 0 aliphatic heterocycles. The summed E-state index contributed by atoms with van der Waals surface area (Å²) in [6.45, 7) is 0. The van der Waals surface area contributed by atoms with Gasteiger partial charge in [0.1, 0.15) is 6.04 Å². The number of carboxylic acids is 1. The first-order chi connectivity index (χ1) is 11.5. The average molecular weight is 439 g/mol. The van der Waals surface area contributed by atoms with Crippen LogP contribution in [0.5, 0.6) is 0 Å². The normalized spacial score (nSPS) is 13.1. The Balaban J connectivity index is 2.11. The van der Waals surface area contributed by atoms with Gasteiger partial charge in [-0.1, -0.05) is 42.5 Å². The lowest BCUT2D eigenvalue weighted by molar-refractivity contribution is -0.144. The van der Waals surface area contributed by atoms with Crippen LogP contribution in [-0.4, -0.2) is 30.1 Å². The molecule has 6 heteroatoms. The Kier molecular flexibility index (Phi) is 6.74. The van der Waals surface area contributed by atoms with Crippen molar-refractivity contribution in [2.75, 3.05) is 7.11 Å². The number of ether oxygens (including phenoxy) is 1. The summed E-state index contributed by atoms with van der Waals surface area (Å²) in [5, 5.41) is 12.0. The zero-order valence-corrected chi connectivity index (χ0v) is 15.3. The third-order valence-corrected chi connectivity index (χ3v) is 4.19. The lowest BCUT2D eigenvalue weighted by Gasteiger charge is -2.20. The van der Waals surface area contributed by atoms with Crippen molar-refractivity contribution >= 4 is 34.5 Å². The van der Waals surface area contributed by atoms with Gasteiger partial charge in [0, 0.05) is 17.1 Å². The first kappa shape index (κ1) is 18.4. The molecule has 2 N–H and O–H groups in total. The summed E-state index contributed by atoms with van der Waals surface area (Å²) in [4.78, 5) is 24.0. The van der Waals surface area contributed by atoms with Gasteiger partial charge in [-0.15, -0.1) is 0 Å². The molecular weight excluding hydrogens is 421 g/mol. The number of nitrogens with one attached hydrogen (secondary N) is 1. The van der Waals surface area contributed by atoms with Gasteiger partial charge in [0.15, 0.2) is 6.10 Å². The molecule has 2 rings (SSSR count). The highest BCUT2D eigenvalue weighted by Crippen LogP contribution is 2.17. The number of benzene rings is 2. The van der Waals surface area contributed by atoms with Crippen molar-refractivity contribution in [3.05, 3.63) is 69.3 Å². The van der Waals surface area contributed by atoms with Gasteiger partial charge in [-0.2, -0.15) is 0 Å². The lowest BCUT2D eigenvalue weighted by atomic mass is 10.0. The quantitative estimate of drug-likeness (QED) is 0.651. The first-order valence-electron chi connectivity index (χ1n) is 7.36. The van der Waals surface area contributed by atoms with E-state index in [1.54, 1.807) is 24.3 Å². The first-order valence-corrected chi connectivity index (χ1v) is 8.44. The Bertz CT molecular complexity index is 705. The smallest absolute Gasteiger partial charge is 0.326 e. The maximum atomic E-state index is 12.4. The Morgan fingerprint density at radius 1 is 1.17 bits per heavy atom. The Hall–Kier alpha value is -1.93. The maximum Gasteiger partial charge on any atom is 0.326 e. The maximum absolute atomic E-state index is 12.4. The third-order valence-electron chi connectivity index (χ3n) is 3.52. The zero-order chi connectivity index (χ0) is 17.5. The van der Waals surface area contributed by atoms with E-state index in [1.807, 2.05) is 30.3 Å². The van der Waals surface area contributed by atoms with Crippen molar-refractivity contribution in [2.24, 2.45) is 0 Å². The second-order valence-corrected chi connectivity index (χ2v) is 6.51. The third kappa shape index (κ3) is 5.04. The molecule has 2 aromatic carbocycles. The van der Waals surface area contributed by atoms with E-state index >= 15 is 0 Å². The van der Waals surface area contributed by atoms with Crippen LogP contribution >= 0.6 is 22.6 Å². The fourth-order valence-electron chi connectivity index (χ4n) is 2.37. The standard InChI is InChI=1S/C18H18INO4/c1-24-16(13-7-3-2-4-8-13)17(21)20-15(18(22)23)11-12-6-5-9-14(19)10-12/h2-10,15-16H,11H2,1H3,(H,20,21)(H,22,23)/t15-,16-/m0/s1. The van der Waals surface area contributed by atoms with Crippen molar-refractivity contribution in [3.63, 3.8) is 0 Å². The number of carbonyl (C=O) groups excluding carboxylic acids is 1. The second-order valence-electron chi connectivity index (χ2n) is 5.26. The fourth-order valence-corrected chi connectivity index (χ4v) is 2.98. The van der Waals surface area contributed by atoms with Gasteiger partial charge in [0.2, 0.25) is 0 Å². The summed E-state index contributed by atoms with van der Waals surface area (Å²) >= 11 is 2.16. The number of aliphatic carboxylic acids is 1. The highest BCUT2D eigenvalue weighted by molar-refractivity contribution is 14.1. The SMILES string of the molecule is CO[C@H](C(=O)N[C@@H](Cc1cccc(I)c1)C(=O)O)c1ccccc1. The van der Waals surface area contributed by atoms with E-state index in [0.29, 0.717) is 5.56 Å². The van der Waals surface area contributed by atoms with E-state index in [0.717, 1.165) is 9.13 Å². The van der Waals surface area contributed by atoms with Crippen molar-refractivity contribution in [1.29, 1.82) is 0 Å². The van der Waals surface area contributed by atoms with Crippen LogP contribution < -0.4 is 5.32 Å². The Morgan fingerprint density at radius 3 is 2.46 bits per heavy atom. The van der Waals surface area contributed by atoms with Gasteiger partial charge in [0.25, 0.3) is 5.91 Å². The van der Waals surface area contributed by atoms with Crippen molar-refractivity contribution in [2.45, 2.75) is 18.6 Å². The minimum Gasteiger partial charge on any atom is -0.480 e. The largest absolute Gasteiger partial charge is 0.480 e. The molecule has 0 radical (unpaired) electrons. The number of methoxy groups -OCH3 is 1. The number of carbonyl (C=O) groups is 2. The average Bonchev–Trinajstić information content (AvgIpc) is 2.56. The molecule has 0 saturated carbocycles. The van der Waals surface area contributed by atoms with Crippen LogP contribution in [0.3, 0.4) is 0 Å². The summed E-state index contributed by atoms with van der Waals surface area (Å²) in [5.41, 5.74) is 1.53. The van der Waals surface area contributed by atoms with E-state index in [2.05, 4.69) is 27.9 Å². The van der Waals surface area contributed by atoms with Crippen LogP contribution in [0.2, 0.25) is 0 Å². The van der Waals surface area contributed by atoms with Crippen LogP contribution in [0, 0.1) is 3.57 Å². The zero-order valence-electron chi connectivity index (χ0n) is 13.1. The second kappa shape index (κ2) is 8.79. The van der Waals surface area contributed by atoms with Crippen LogP contribution in [0.15, 0.2) is 54.6 Å². The number of halogens is 1. The van der Waals surface area contributed by atoms with E-state index in [9.17, 15) is 14.7 Å². The summed E-state index contributed by atoms with van der Waals surface area (Å²) in [7, 11) is 1.42. The summed E-state index contributed by atoms with van der Waals surface area (Å²) in [5.74, 6) is -1.55. The number of hydrogen-bond acceptors (Lipinski definition) is 3. The Morgan fingerprint density at radius 2 is 1.88 bits per heavy atom. The molecule has 2 atom stereocenters. The summed E-state index contributed by atoms with van der Waals surface area (Å²) < 4.78 is 6.26. The number of hydrogen-bond donors (Lipinski definition) is 2. The Labute approximate surface area is 154 Å². The van der Waals surface area contributed by atoms with Gasteiger partial charge in [-0.3, -0.25) is 4.79 Å². The molecule has 5 nitrogen and oxygen atoms in total. The van der Waals surface area contributed by atoms with Crippen LogP contribution in [0.25, 0.3) is 0 Å². The van der Waals surface area contributed by atoms with E-state index in [-0.39, 0.29) is 6.42 Å². The molecule has 1 amide bonds. The van der Waals surface area contributed by atoms with Crippen molar-refractivity contribution < 1.29 is 19.4 Å². The molecule has 24 heavy (non-hydrogen) atoms. The molecule has 0 heterocycles. The highest BCUT2D eigenvalue weighted by Gasteiger charge is 2.26. The molecule has 0 saturated heterocycles. The monoisotopic (exact) mass is 439 g/mol. The van der Waals surface area contributed by atoms with Crippen LogP contribution in [0.4, 0.5) is 0 Å². The molecule has 0 fully saturated rings. The number of amides is 1. The van der Waals surface area contributed by atoms with Crippen molar-refractivity contribution in [1.82, 2.24) is 5.32 Å². The van der Waals surface area contributed by atoms with Crippen LogP contribution in [0.1, 0.15) is 17.2 Å². The van der Waals surface area contributed by atoms with Gasteiger partial charge in [-0.25, -0.2) is 4.79 Å². The fraction of sp³-hybridized carbons (Fsp3) is 0.222. The van der Waals surface area contributed by atoms with E-state index < -0.39 is 24.0 Å². The van der Waals surface area contributed by atoms with E-state index in [1.165, 1.54) is 7.11 Å². The van der Waals surface area contributed by atoms with Crippen LogP contribution in [-0.2, 0) is 20.7 Å². The molecular formula is C18H18INO4. The molecule has 0 aliphatic carbocycles. The topological polar surface area (TPSA) is 75.6 Å². The molecule has 0 bridgehead atoms. The molecule has 126 valence electrons. The van der Waals surface area contributed by atoms with Gasteiger partial charge in [0.05, 0.1) is 0 Å². The minimum atomic E-state index is -1.08. The van der Waals surface area contributed by atoms with Crippen molar-refractivity contribution in [3.8, 4) is 0 Å². The van der Waals surface area contributed by atoms with Gasteiger partial charge in [-0.05, 0) is 45.9 Å². The highest BCUT2D eigenvalue weighted by atomic mass is 127. The van der Waals surface area contributed by atoms with E-state index in [4.69, 9.17) is 4.74 Å². The predicted molar refractivity (Wildman–Crippen MR) is 98.6 cm³/mol. The molecule has 0 spiro atoms. The lowest BCUT2D eigenvalue weighted by Crippen LogP contribution is -2.44. The molecule has 0 aliphatic rings. The van der Waals surface area contributed by atoms with Gasteiger partial charge >= 0.3 is 5.97 Å². The number of rotatable bonds is 7. The molecule has 2 aromatic rings. The summed E-state index contributed by atoms with van der Waals surface area (Å²) in [6.07, 6.45) is -0.632. The van der Waals surface area contributed by atoms with Gasteiger partial charge < -0.3 is 15.2 Å². The summed E-state index contributed by atoms with van der Waals surface area (Å²) in [6, 6.07) is 15.5.